The number of alkyl halides is 3. The minimum Gasteiger partial charge on any atom is -0.381 e. The van der Waals surface area contributed by atoms with Crippen molar-refractivity contribution in [2.75, 3.05) is 18.4 Å². The summed E-state index contributed by atoms with van der Waals surface area (Å²) >= 11 is 0. The van der Waals surface area contributed by atoms with Gasteiger partial charge < -0.3 is 10.6 Å². The number of benzene rings is 1. The van der Waals surface area contributed by atoms with Gasteiger partial charge in [0.2, 0.25) is 0 Å². The Morgan fingerprint density at radius 3 is 2.32 bits per heavy atom. The molecular weight excluding hydrogens is 281 g/mol. The Kier molecular flexibility index (Phi) is 3.73. The average Bonchev–Trinajstić information content (AvgIpc) is 2.81. The fourth-order valence-electron chi connectivity index (χ4n) is 1.88. The molecular formula is C11H13F3N2O2S. The number of nitrogens with one attached hydrogen (secondary N) is 2. The van der Waals surface area contributed by atoms with E-state index >= 15 is 0 Å². The summed E-state index contributed by atoms with van der Waals surface area (Å²) in [7, 11) is -5.26. The molecule has 1 fully saturated rings. The first-order valence-corrected chi connectivity index (χ1v) is 7.18. The average molecular weight is 294 g/mol. The number of sulfone groups is 1. The minimum atomic E-state index is -5.27. The topological polar surface area (TPSA) is 58.2 Å². The zero-order chi connectivity index (χ0) is 14.1. The van der Waals surface area contributed by atoms with E-state index in [0.717, 1.165) is 31.6 Å². The zero-order valence-electron chi connectivity index (χ0n) is 9.87. The van der Waals surface area contributed by atoms with Crippen LogP contribution in [0.3, 0.4) is 0 Å². The SMILES string of the molecule is O=S(=O)(c1ccc(NC2CCNC2)cc1)C(F)(F)F. The molecule has 2 N–H and O–H groups in total. The van der Waals surface area contributed by atoms with E-state index in [9.17, 15) is 21.6 Å². The molecule has 4 nitrogen and oxygen atoms in total. The van der Waals surface area contributed by atoms with Gasteiger partial charge in [0.25, 0.3) is 9.84 Å². The summed E-state index contributed by atoms with van der Waals surface area (Å²) in [6, 6.07) is 4.83. The minimum absolute atomic E-state index is 0.213. The van der Waals surface area contributed by atoms with E-state index in [1.54, 1.807) is 0 Å². The molecule has 1 aromatic rings. The van der Waals surface area contributed by atoms with Gasteiger partial charge in [-0.1, -0.05) is 0 Å². The van der Waals surface area contributed by atoms with Gasteiger partial charge in [-0.25, -0.2) is 8.42 Å². The molecule has 1 heterocycles. The van der Waals surface area contributed by atoms with Crippen molar-refractivity contribution < 1.29 is 21.6 Å². The van der Waals surface area contributed by atoms with E-state index in [2.05, 4.69) is 10.6 Å². The highest BCUT2D eigenvalue weighted by molar-refractivity contribution is 7.92. The summed E-state index contributed by atoms with van der Waals surface area (Å²) in [6.07, 6.45) is 0.919. The van der Waals surface area contributed by atoms with Crippen LogP contribution in [-0.4, -0.2) is 33.1 Å². The summed E-state index contributed by atoms with van der Waals surface area (Å²) in [4.78, 5) is -0.741. The molecule has 0 bridgehead atoms. The Bertz CT molecular complexity index is 534. The van der Waals surface area contributed by atoms with Gasteiger partial charge in [-0.15, -0.1) is 0 Å². The molecule has 1 aliphatic heterocycles. The lowest BCUT2D eigenvalue weighted by Crippen LogP contribution is -2.24. The molecule has 0 saturated carbocycles. The van der Waals surface area contributed by atoms with Gasteiger partial charge >= 0.3 is 5.51 Å². The largest absolute Gasteiger partial charge is 0.501 e. The lowest BCUT2D eigenvalue weighted by Gasteiger charge is -2.13. The molecule has 1 aromatic carbocycles. The molecule has 1 atom stereocenters. The third kappa shape index (κ3) is 3.01. The molecule has 0 aromatic heterocycles. The van der Waals surface area contributed by atoms with Crippen molar-refractivity contribution in [2.45, 2.75) is 22.9 Å². The molecule has 106 valence electrons. The Morgan fingerprint density at radius 1 is 1.21 bits per heavy atom. The number of halogens is 3. The van der Waals surface area contributed by atoms with E-state index in [1.165, 1.54) is 12.1 Å². The normalized spacial score (nSPS) is 20.5. The van der Waals surface area contributed by atoms with Gasteiger partial charge in [0.15, 0.2) is 0 Å². The van der Waals surface area contributed by atoms with E-state index in [1.807, 2.05) is 0 Å². The summed E-state index contributed by atoms with van der Waals surface area (Å²) in [5.74, 6) is 0. The van der Waals surface area contributed by atoms with Crippen LogP contribution in [0.25, 0.3) is 0 Å². The lowest BCUT2D eigenvalue weighted by atomic mass is 10.2. The van der Waals surface area contributed by atoms with E-state index < -0.39 is 20.2 Å². The standard InChI is InChI=1S/C11H13F3N2O2S/c12-11(13,14)19(17,18)10-3-1-8(2-4-10)16-9-5-6-15-7-9/h1-4,9,15-16H,5-7H2. The van der Waals surface area contributed by atoms with E-state index in [-0.39, 0.29) is 6.04 Å². The summed E-state index contributed by atoms with van der Waals surface area (Å²) in [5.41, 5.74) is -4.66. The molecule has 0 aliphatic carbocycles. The molecule has 8 heteroatoms. The zero-order valence-corrected chi connectivity index (χ0v) is 10.7. The van der Waals surface area contributed by atoms with E-state index in [4.69, 9.17) is 0 Å². The summed E-state index contributed by atoms with van der Waals surface area (Å²) in [5, 5.41) is 6.26. The van der Waals surface area contributed by atoms with Gasteiger partial charge in [-0.3, -0.25) is 0 Å². The Morgan fingerprint density at radius 2 is 1.84 bits per heavy atom. The lowest BCUT2D eigenvalue weighted by molar-refractivity contribution is -0.0436. The van der Waals surface area contributed by atoms with Crippen molar-refractivity contribution in [3.8, 4) is 0 Å². The molecule has 1 aliphatic rings. The third-order valence-electron chi connectivity index (χ3n) is 2.90. The molecule has 0 radical (unpaired) electrons. The highest BCUT2D eigenvalue weighted by atomic mass is 32.2. The Hall–Kier alpha value is -1.28. The summed E-state index contributed by atoms with van der Waals surface area (Å²) in [6.45, 7) is 1.67. The second kappa shape index (κ2) is 5.01. The maximum atomic E-state index is 12.3. The van der Waals surface area contributed by atoms with Crippen LogP contribution in [0.15, 0.2) is 29.2 Å². The van der Waals surface area contributed by atoms with Crippen LogP contribution in [0.5, 0.6) is 0 Å². The number of rotatable bonds is 3. The smallest absolute Gasteiger partial charge is 0.381 e. The number of anilines is 1. The van der Waals surface area contributed by atoms with Crippen LogP contribution >= 0.6 is 0 Å². The predicted molar refractivity (Wildman–Crippen MR) is 64.6 cm³/mol. The van der Waals surface area contributed by atoms with Crippen LogP contribution in [0.2, 0.25) is 0 Å². The van der Waals surface area contributed by atoms with Crippen molar-refractivity contribution in [2.24, 2.45) is 0 Å². The monoisotopic (exact) mass is 294 g/mol. The maximum Gasteiger partial charge on any atom is 0.501 e. The summed E-state index contributed by atoms with van der Waals surface area (Å²) < 4.78 is 59.3. The highest BCUT2D eigenvalue weighted by Gasteiger charge is 2.46. The van der Waals surface area contributed by atoms with Crippen LogP contribution in [0.1, 0.15) is 6.42 Å². The molecule has 0 spiro atoms. The highest BCUT2D eigenvalue weighted by Crippen LogP contribution is 2.30. The van der Waals surface area contributed by atoms with Crippen molar-refractivity contribution >= 4 is 15.5 Å². The second-order valence-electron chi connectivity index (χ2n) is 4.31. The molecule has 0 amide bonds. The number of hydrogen-bond acceptors (Lipinski definition) is 4. The second-order valence-corrected chi connectivity index (χ2v) is 6.25. The molecule has 2 rings (SSSR count). The fourth-order valence-corrected chi connectivity index (χ4v) is 2.64. The van der Waals surface area contributed by atoms with Crippen LogP contribution in [0, 0.1) is 0 Å². The first kappa shape index (κ1) is 14.1. The Balaban J connectivity index is 2.14. The molecule has 1 unspecified atom stereocenters. The van der Waals surface area contributed by atoms with E-state index in [0.29, 0.717) is 5.69 Å². The van der Waals surface area contributed by atoms with Crippen molar-refractivity contribution in [3.05, 3.63) is 24.3 Å². The van der Waals surface area contributed by atoms with Crippen molar-refractivity contribution in [1.82, 2.24) is 5.32 Å². The quantitative estimate of drug-likeness (QED) is 0.892. The third-order valence-corrected chi connectivity index (χ3v) is 4.40. The number of hydrogen-bond donors (Lipinski definition) is 2. The first-order valence-electron chi connectivity index (χ1n) is 5.69. The fraction of sp³-hybridized carbons (Fsp3) is 0.455. The first-order chi connectivity index (χ1) is 8.80. The Labute approximate surface area is 108 Å². The van der Waals surface area contributed by atoms with Gasteiger partial charge in [0.1, 0.15) is 0 Å². The van der Waals surface area contributed by atoms with Crippen LogP contribution < -0.4 is 10.6 Å². The van der Waals surface area contributed by atoms with Gasteiger partial charge in [0.05, 0.1) is 4.90 Å². The van der Waals surface area contributed by atoms with Crippen molar-refractivity contribution in [1.29, 1.82) is 0 Å². The van der Waals surface area contributed by atoms with Gasteiger partial charge in [-0.2, -0.15) is 13.2 Å². The molecule has 19 heavy (non-hydrogen) atoms. The van der Waals surface area contributed by atoms with Gasteiger partial charge in [0, 0.05) is 18.3 Å². The maximum absolute atomic E-state index is 12.3. The van der Waals surface area contributed by atoms with Crippen LogP contribution in [-0.2, 0) is 9.84 Å². The van der Waals surface area contributed by atoms with Gasteiger partial charge in [-0.05, 0) is 37.2 Å². The van der Waals surface area contributed by atoms with Crippen LogP contribution in [0.4, 0.5) is 18.9 Å². The molecule has 1 saturated heterocycles. The predicted octanol–water partition coefficient (Wildman–Crippen LogP) is 1.75. The van der Waals surface area contributed by atoms with Crippen molar-refractivity contribution in [3.63, 3.8) is 0 Å².